The maximum atomic E-state index is 13.3. The highest BCUT2D eigenvalue weighted by molar-refractivity contribution is 7.89. The summed E-state index contributed by atoms with van der Waals surface area (Å²) >= 11 is 0.755. The van der Waals surface area contributed by atoms with E-state index >= 15 is 0 Å². The van der Waals surface area contributed by atoms with Crippen molar-refractivity contribution in [1.82, 2.24) is 29.6 Å². The summed E-state index contributed by atoms with van der Waals surface area (Å²) in [4.78, 5) is 15.6. The molecule has 0 amide bonds. The fraction of sp³-hybridized carbons (Fsp3) is 0.545. The molecule has 1 aliphatic carbocycles. The van der Waals surface area contributed by atoms with Crippen LogP contribution in [0.3, 0.4) is 0 Å². The van der Waals surface area contributed by atoms with Crippen molar-refractivity contribution in [2.24, 2.45) is 5.41 Å². The van der Waals surface area contributed by atoms with Crippen LogP contribution in [0.15, 0.2) is 23.4 Å². The van der Waals surface area contributed by atoms with Crippen molar-refractivity contribution >= 4 is 38.5 Å². The van der Waals surface area contributed by atoms with Crippen LogP contribution in [0.25, 0.3) is 16.3 Å². The predicted octanol–water partition coefficient (Wildman–Crippen LogP) is 3.05. The number of imidazole rings is 1. The van der Waals surface area contributed by atoms with Gasteiger partial charge in [-0.2, -0.15) is 13.2 Å². The van der Waals surface area contributed by atoms with Crippen LogP contribution in [0.4, 0.5) is 27.6 Å². The molecule has 6 rings (SSSR count). The summed E-state index contributed by atoms with van der Waals surface area (Å²) in [5, 5.41) is 17.7. The van der Waals surface area contributed by atoms with Gasteiger partial charge in [0.1, 0.15) is 4.90 Å². The summed E-state index contributed by atoms with van der Waals surface area (Å²) < 4.78 is 88.9. The second-order valence-electron chi connectivity index (χ2n) is 10.4. The van der Waals surface area contributed by atoms with Crippen LogP contribution in [-0.4, -0.2) is 77.0 Å². The molecule has 1 saturated carbocycles. The molecule has 18 heteroatoms. The second kappa shape index (κ2) is 9.85. The standard InChI is InChI=1S/C20H23F2N7O2S2.C2HF3O2/c1-19(2-3-19)27-33(30,31)12-6-13(28-5-4-20(11-28)9-23-10-20)14-7-24-16(29(14)8-12)18-26-25-17(32-18)15(21)22;3-2(4,5)1(6)7/h6-8,15,23,27H,2-5,9-11H2,1H3;(H,6,7). The van der Waals surface area contributed by atoms with Gasteiger partial charge in [0.15, 0.2) is 15.8 Å². The maximum Gasteiger partial charge on any atom is 0.490 e. The first-order valence-electron chi connectivity index (χ1n) is 12.0. The zero-order valence-electron chi connectivity index (χ0n) is 20.9. The molecule has 3 aromatic heterocycles. The van der Waals surface area contributed by atoms with E-state index in [1.165, 1.54) is 6.20 Å². The van der Waals surface area contributed by atoms with Gasteiger partial charge in [0, 0.05) is 43.3 Å². The van der Waals surface area contributed by atoms with E-state index in [1.807, 2.05) is 6.92 Å². The quantitative estimate of drug-likeness (QED) is 0.360. The molecule has 0 atom stereocenters. The number of pyridine rings is 1. The van der Waals surface area contributed by atoms with Crippen LogP contribution in [0.1, 0.15) is 37.6 Å². The number of carbonyl (C=O) groups is 1. The molecule has 2 aliphatic heterocycles. The summed E-state index contributed by atoms with van der Waals surface area (Å²) in [7, 11) is -3.79. The zero-order valence-corrected chi connectivity index (χ0v) is 22.5. The number of aromatic nitrogens is 4. The van der Waals surface area contributed by atoms with Crippen molar-refractivity contribution in [2.45, 2.75) is 49.2 Å². The lowest BCUT2D eigenvalue weighted by molar-refractivity contribution is -0.192. The molecule has 11 nitrogen and oxygen atoms in total. The van der Waals surface area contributed by atoms with E-state index in [0.717, 1.165) is 62.5 Å². The first kappa shape index (κ1) is 28.6. The molecule has 5 heterocycles. The van der Waals surface area contributed by atoms with Crippen LogP contribution in [0.5, 0.6) is 0 Å². The summed E-state index contributed by atoms with van der Waals surface area (Å²) in [5.41, 5.74) is 1.26. The number of hydrogen-bond acceptors (Lipinski definition) is 9. The van der Waals surface area contributed by atoms with Crippen molar-refractivity contribution in [1.29, 1.82) is 0 Å². The fourth-order valence-corrected chi connectivity index (χ4v) is 6.78. The Morgan fingerprint density at radius 1 is 1.23 bits per heavy atom. The third-order valence-electron chi connectivity index (χ3n) is 7.13. The molecule has 0 unspecified atom stereocenters. The molecular weight excluding hydrogens is 585 g/mol. The lowest BCUT2D eigenvalue weighted by Gasteiger charge is -2.39. The van der Waals surface area contributed by atoms with E-state index in [-0.39, 0.29) is 15.3 Å². The SMILES string of the molecule is CC1(NS(=O)(=O)c2cc(N3CCC4(CNC4)C3)c3cnc(-c4nnc(C(F)F)s4)n3c2)CC1.O=C(O)C(F)(F)F. The Bertz CT molecular complexity index is 1550. The van der Waals surface area contributed by atoms with Crippen molar-refractivity contribution in [3.63, 3.8) is 0 Å². The van der Waals surface area contributed by atoms with Crippen molar-refractivity contribution < 1.29 is 40.3 Å². The Labute approximate surface area is 228 Å². The molecule has 3 aromatic rings. The number of fused-ring (bicyclic) bond motifs is 1. The number of rotatable bonds is 6. The molecule has 2 saturated heterocycles. The van der Waals surface area contributed by atoms with E-state index in [2.05, 4.69) is 30.1 Å². The lowest BCUT2D eigenvalue weighted by Crippen LogP contribution is -2.54. The van der Waals surface area contributed by atoms with Crippen molar-refractivity contribution in [3.05, 3.63) is 23.5 Å². The van der Waals surface area contributed by atoms with Gasteiger partial charge in [-0.05, 0) is 32.3 Å². The number of nitrogens with zero attached hydrogens (tertiary/aromatic N) is 5. The van der Waals surface area contributed by atoms with E-state index < -0.39 is 39.1 Å². The van der Waals surface area contributed by atoms with Gasteiger partial charge in [-0.1, -0.05) is 11.3 Å². The number of carboxylic acid groups (broad SMARTS) is 1. The van der Waals surface area contributed by atoms with Gasteiger partial charge in [-0.25, -0.2) is 31.7 Å². The highest BCUT2D eigenvalue weighted by Gasteiger charge is 2.44. The largest absolute Gasteiger partial charge is 0.490 e. The van der Waals surface area contributed by atoms with Gasteiger partial charge < -0.3 is 15.3 Å². The summed E-state index contributed by atoms with van der Waals surface area (Å²) in [6.07, 6.45) is -2.07. The summed E-state index contributed by atoms with van der Waals surface area (Å²) in [6, 6.07) is 1.70. The van der Waals surface area contributed by atoms with Crippen molar-refractivity contribution in [3.8, 4) is 10.8 Å². The molecule has 0 aromatic carbocycles. The number of hydrogen-bond donors (Lipinski definition) is 3. The Hall–Kier alpha value is -2.96. The Morgan fingerprint density at radius 3 is 2.40 bits per heavy atom. The topological polar surface area (TPSA) is 142 Å². The van der Waals surface area contributed by atoms with Crippen molar-refractivity contribution in [2.75, 3.05) is 31.1 Å². The average Bonchev–Trinajstić information content (AvgIpc) is 3.28. The molecule has 218 valence electrons. The fourth-order valence-electron chi connectivity index (χ4n) is 4.61. The number of nitrogens with one attached hydrogen (secondary N) is 2. The minimum absolute atomic E-state index is 0.114. The van der Waals surface area contributed by atoms with Crippen LogP contribution in [-0.2, 0) is 14.8 Å². The highest BCUT2D eigenvalue weighted by atomic mass is 32.2. The van der Waals surface area contributed by atoms with E-state index in [4.69, 9.17) is 9.90 Å². The molecule has 0 radical (unpaired) electrons. The first-order valence-corrected chi connectivity index (χ1v) is 14.3. The lowest BCUT2D eigenvalue weighted by atomic mass is 9.81. The van der Waals surface area contributed by atoms with Crippen LogP contribution >= 0.6 is 11.3 Å². The molecular formula is C22H24F5N7O4S2. The normalized spacial score (nSPS) is 19.5. The van der Waals surface area contributed by atoms with Gasteiger partial charge in [0.05, 0.1) is 17.4 Å². The zero-order chi connectivity index (χ0) is 29.1. The predicted molar refractivity (Wildman–Crippen MR) is 133 cm³/mol. The van der Waals surface area contributed by atoms with Gasteiger partial charge in [0.2, 0.25) is 10.0 Å². The number of alkyl halides is 5. The molecule has 1 spiro atoms. The van der Waals surface area contributed by atoms with Crippen LogP contribution < -0.4 is 14.9 Å². The number of aliphatic carboxylic acids is 1. The van der Waals surface area contributed by atoms with Gasteiger partial charge >= 0.3 is 12.1 Å². The number of halogens is 5. The maximum absolute atomic E-state index is 13.3. The molecule has 3 aliphatic rings. The van der Waals surface area contributed by atoms with E-state index in [1.54, 1.807) is 16.7 Å². The molecule has 0 bridgehead atoms. The van der Waals surface area contributed by atoms with Gasteiger partial charge in [0.25, 0.3) is 6.43 Å². The Kier molecular flexibility index (Phi) is 7.03. The van der Waals surface area contributed by atoms with Gasteiger partial charge in [-0.3, -0.25) is 4.40 Å². The minimum Gasteiger partial charge on any atom is -0.475 e. The number of carboxylic acids is 1. The number of sulfonamides is 1. The molecule has 3 fully saturated rings. The third-order valence-corrected chi connectivity index (χ3v) is 9.66. The summed E-state index contributed by atoms with van der Waals surface area (Å²) in [6.45, 7) is 5.40. The summed E-state index contributed by atoms with van der Waals surface area (Å²) in [5.74, 6) is -2.46. The minimum atomic E-state index is -5.08. The monoisotopic (exact) mass is 609 g/mol. The van der Waals surface area contributed by atoms with Crippen LogP contribution in [0.2, 0.25) is 0 Å². The van der Waals surface area contributed by atoms with E-state index in [9.17, 15) is 30.4 Å². The first-order chi connectivity index (χ1) is 18.6. The van der Waals surface area contributed by atoms with Crippen LogP contribution in [0, 0.1) is 5.41 Å². The number of anilines is 1. The molecule has 3 N–H and O–H groups in total. The average molecular weight is 610 g/mol. The van der Waals surface area contributed by atoms with Gasteiger partial charge in [-0.15, -0.1) is 10.2 Å². The highest BCUT2D eigenvalue weighted by Crippen LogP contribution is 2.41. The third kappa shape index (κ3) is 5.61. The molecule has 40 heavy (non-hydrogen) atoms. The smallest absolute Gasteiger partial charge is 0.475 e. The second-order valence-corrected chi connectivity index (χ2v) is 13.1. The Morgan fingerprint density at radius 2 is 1.90 bits per heavy atom. The van der Waals surface area contributed by atoms with E-state index in [0.29, 0.717) is 11.3 Å². The Balaban J connectivity index is 0.000000411.